The number of nitrogens with one attached hydrogen (secondary N) is 1. The fourth-order valence-electron chi connectivity index (χ4n) is 2.05. The van der Waals surface area contributed by atoms with Crippen LogP contribution in [0.15, 0.2) is 16.7 Å². The summed E-state index contributed by atoms with van der Waals surface area (Å²) in [5, 5.41) is 3.21. The zero-order valence-electron chi connectivity index (χ0n) is 11.8. The third kappa shape index (κ3) is 5.77. The van der Waals surface area contributed by atoms with Crippen molar-refractivity contribution in [3.63, 3.8) is 0 Å². The van der Waals surface area contributed by atoms with Crippen LogP contribution in [0.5, 0.6) is 0 Å². The van der Waals surface area contributed by atoms with Crippen LogP contribution < -0.4 is 11.1 Å². The van der Waals surface area contributed by atoms with Crippen LogP contribution >= 0.6 is 27.5 Å². The van der Waals surface area contributed by atoms with E-state index < -0.39 is 0 Å². The van der Waals surface area contributed by atoms with Crippen LogP contribution in [0, 0.1) is 11.8 Å². The molecule has 1 heterocycles. The summed E-state index contributed by atoms with van der Waals surface area (Å²) >= 11 is 9.09. The molecule has 4 nitrogen and oxygen atoms in total. The van der Waals surface area contributed by atoms with Gasteiger partial charge in [0.05, 0.1) is 16.4 Å². The van der Waals surface area contributed by atoms with Crippen LogP contribution in [-0.2, 0) is 4.79 Å². The van der Waals surface area contributed by atoms with E-state index in [0.717, 1.165) is 12.8 Å². The van der Waals surface area contributed by atoms with Gasteiger partial charge in [0.15, 0.2) is 0 Å². The predicted octanol–water partition coefficient (Wildman–Crippen LogP) is 3.84. The summed E-state index contributed by atoms with van der Waals surface area (Å²) in [6.07, 6.45) is 3.84. The van der Waals surface area contributed by atoms with Gasteiger partial charge < -0.3 is 11.1 Å². The van der Waals surface area contributed by atoms with Crippen molar-refractivity contribution in [2.24, 2.45) is 17.6 Å². The lowest BCUT2D eigenvalue weighted by molar-refractivity contribution is -0.116. The fraction of sp³-hybridized carbons (Fsp3) is 0.571. The van der Waals surface area contributed by atoms with Gasteiger partial charge in [-0.25, -0.2) is 4.98 Å². The van der Waals surface area contributed by atoms with E-state index in [1.54, 1.807) is 12.3 Å². The fourth-order valence-corrected chi connectivity index (χ4v) is 2.51. The molecule has 0 saturated heterocycles. The van der Waals surface area contributed by atoms with Crippen molar-refractivity contribution in [2.45, 2.75) is 33.1 Å². The summed E-state index contributed by atoms with van der Waals surface area (Å²) in [6, 6.07) is 1.74. The van der Waals surface area contributed by atoms with Crippen LogP contribution in [0.1, 0.15) is 33.1 Å². The van der Waals surface area contributed by atoms with Crippen LogP contribution in [0.3, 0.4) is 0 Å². The number of amides is 1. The number of nitrogens with two attached hydrogens (primary N) is 1. The maximum Gasteiger partial charge on any atom is 0.224 e. The van der Waals surface area contributed by atoms with E-state index in [4.69, 9.17) is 17.3 Å². The second-order valence-electron chi connectivity index (χ2n) is 5.16. The molecule has 6 heteroatoms. The molecule has 0 aliphatic carbocycles. The molecular weight excluding hydrogens is 342 g/mol. The van der Waals surface area contributed by atoms with Crippen LogP contribution in [0.25, 0.3) is 0 Å². The molecule has 0 bridgehead atoms. The van der Waals surface area contributed by atoms with Gasteiger partial charge in [-0.3, -0.25) is 4.79 Å². The number of nitrogens with zero attached hydrogens (tertiary/aromatic N) is 1. The lowest BCUT2D eigenvalue weighted by Crippen LogP contribution is -2.18. The molecule has 0 spiro atoms. The molecule has 0 aliphatic rings. The first-order valence-electron chi connectivity index (χ1n) is 6.75. The minimum atomic E-state index is -0.0105. The molecule has 0 saturated carbocycles. The number of rotatable bonds is 7. The van der Waals surface area contributed by atoms with Crippen molar-refractivity contribution >= 4 is 39.1 Å². The van der Waals surface area contributed by atoms with Crippen molar-refractivity contribution < 1.29 is 4.79 Å². The smallest absolute Gasteiger partial charge is 0.224 e. The van der Waals surface area contributed by atoms with Gasteiger partial charge in [-0.2, -0.15) is 0 Å². The molecule has 1 atom stereocenters. The van der Waals surface area contributed by atoms with Crippen LogP contribution in [0.2, 0.25) is 5.15 Å². The SMILES string of the molecule is CC(C)C(CCN)CCC(=O)Nc1cnc(Cl)c(Br)c1. The maximum absolute atomic E-state index is 11.9. The average molecular weight is 363 g/mol. The first-order chi connectivity index (χ1) is 9.43. The number of hydrogen-bond acceptors (Lipinski definition) is 3. The maximum atomic E-state index is 11.9. The Hall–Kier alpha value is -0.650. The molecule has 1 aromatic rings. The van der Waals surface area contributed by atoms with Gasteiger partial charge in [0.1, 0.15) is 5.15 Å². The number of carbonyl (C=O) groups excluding carboxylic acids is 1. The van der Waals surface area contributed by atoms with Gasteiger partial charge in [-0.1, -0.05) is 25.4 Å². The van der Waals surface area contributed by atoms with Crippen molar-refractivity contribution in [3.8, 4) is 0 Å². The normalized spacial score (nSPS) is 12.5. The van der Waals surface area contributed by atoms with Crippen molar-refractivity contribution in [1.82, 2.24) is 4.98 Å². The van der Waals surface area contributed by atoms with E-state index in [0.29, 0.717) is 40.1 Å². The Balaban J connectivity index is 2.48. The van der Waals surface area contributed by atoms with E-state index in [1.165, 1.54) is 0 Å². The lowest BCUT2D eigenvalue weighted by Gasteiger charge is -2.19. The minimum absolute atomic E-state index is 0.0105. The number of carbonyl (C=O) groups is 1. The van der Waals surface area contributed by atoms with E-state index in [1.807, 2.05) is 0 Å². The number of anilines is 1. The average Bonchev–Trinajstić information content (AvgIpc) is 2.38. The monoisotopic (exact) mass is 361 g/mol. The van der Waals surface area contributed by atoms with Crippen molar-refractivity contribution in [2.75, 3.05) is 11.9 Å². The van der Waals surface area contributed by atoms with Crippen LogP contribution in [0.4, 0.5) is 5.69 Å². The van der Waals surface area contributed by atoms with E-state index >= 15 is 0 Å². The predicted molar refractivity (Wildman–Crippen MR) is 86.8 cm³/mol. The summed E-state index contributed by atoms with van der Waals surface area (Å²) in [5.74, 6) is 1.02. The molecule has 0 aliphatic heterocycles. The molecular formula is C14H21BrClN3O. The Labute approximate surface area is 133 Å². The van der Waals surface area contributed by atoms with Gasteiger partial charge >= 0.3 is 0 Å². The highest BCUT2D eigenvalue weighted by atomic mass is 79.9. The molecule has 1 aromatic heterocycles. The summed E-state index contributed by atoms with van der Waals surface area (Å²) in [5.41, 5.74) is 6.25. The van der Waals surface area contributed by atoms with Gasteiger partial charge in [0.25, 0.3) is 0 Å². The minimum Gasteiger partial charge on any atom is -0.330 e. The summed E-state index contributed by atoms with van der Waals surface area (Å²) < 4.78 is 0.667. The molecule has 1 amide bonds. The molecule has 0 fully saturated rings. The lowest BCUT2D eigenvalue weighted by atomic mass is 9.88. The van der Waals surface area contributed by atoms with E-state index in [2.05, 4.69) is 40.1 Å². The van der Waals surface area contributed by atoms with Gasteiger partial charge in [-0.15, -0.1) is 0 Å². The van der Waals surface area contributed by atoms with Crippen LogP contribution in [-0.4, -0.2) is 17.4 Å². The Morgan fingerprint density at radius 2 is 2.20 bits per heavy atom. The molecule has 0 radical (unpaired) electrons. The highest BCUT2D eigenvalue weighted by molar-refractivity contribution is 9.10. The molecule has 0 aromatic carbocycles. The van der Waals surface area contributed by atoms with Crippen molar-refractivity contribution in [1.29, 1.82) is 0 Å². The number of pyridine rings is 1. The Morgan fingerprint density at radius 3 is 2.75 bits per heavy atom. The van der Waals surface area contributed by atoms with Gasteiger partial charge in [0.2, 0.25) is 5.91 Å². The summed E-state index contributed by atoms with van der Waals surface area (Å²) in [6.45, 7) is 5.00. The zero-order valence-corrected chi connectivity index (χ0v) is 14.2. The topological polar surface area (TPSA) is 68.0 Å². The second-order valence-corrected chi connectivity index (χ2v) is 6.38. The molecule has 20 heavy (non-hydrogen) atoms. The summed E-state index contributed by atoms with van der Waals surface area (Å²) in [4.78, 5) is 15.9. The first-order valence-corrected chi connectivity index (χ1v) is 7.92. The molecule has 1 rings (SSSR count). The third-order valence-electron chi connectivity index (χ3n) is 3.30. The summed E-state index contributed by atoms with van der Waals surface area (Å²) in [7, 11) is 0. The van der Waals surface area contributed by atoms with Crippen molar-refractivity contribution in [3.05, 3.63) is 21.9 Å². The Morgan fingerprint density at radius 1 is 1.50 bits per heavy atom. The molecule has 112 valence electrons. The van der Waals surface area contributed by atoms with E-state index in [-0.39, 0.29) is 5.91 Å². The zero-order chi connectivity index (χ0) is 15.1. The quantitative estimate of drug-likeness (QED) is 0.724. The Bertz CT molecular complexity index is 454. The van der Waals surface area contributed by atoms with Gasteiger partial charge in [0, 0.05) is 6.42 Å². The number of halogens is 2. The standard InChI is InChI=1S/C14H21BrClN3O/c1-9(2)10(5-6-17)3-4-13(20)19-11-7-12(15)14(16)18-8-11/h7-10H,3-6,17H2,1-2H3,(H,19,20). The largest absolute Gasteiger partial charge is 0.330 e. The van der Waals surface area contributed by atoms with E-state index in [9.17, 15) is 4.79 Å². The molecule has 1 unspecified atom stereocenters. The number of aromatic nitrogens is 1. The Kier molecular flexibility index (Phi) is 7.48. The second kappa shape index (κ2) is 8.60. The highest BCUT2D eigenvalue weighted by Crippen LogP contribution is 2.24. The molecule has 3 N–H and O–H groups in total. The highest BCUT2D eigenvalue weighted by Gasteiger charge is 2.14. The third-order valence-corrected chi connectivity index (χ3v) is 4.44. The van der Waals surface area contributed by atoms with Gasteiger partial charge in [-0.05, 0) is 53.2 Å². The number of hydrogen-bond donors (Lipinski definition) is 2. The first kappa shape index (κ1) is 17.4.